The van der Waals surface area contributed by atoms with Crippen LogP contribution in [0.4, 0.5) is 0 Å². The molecule has 200 valence electrons. The molecule has 0 aliphatic heterocycles. The lowest BCUT2D eigenvalue weighted by Gasteiger charge is -2.39. The van der Waals surface area contributed by atoms with E-state index in [-0.39, 0.29) is 24.3 Å². The van der Waals surface area contributed by atoms with E-state index in [0.29, 0.717) is 63.8 Å². The summed E-state index contributed by atoms with van der Waals surface area (Å²) in [7, 11) is -8.90. The third-order valence-corrected chi connectivity index (χ3v) is 8.46. The second-order valence-electron chi connectivity index (χ2n) is 8.89. The van der Waals surface area contributed by atoms with Crippen LogP contribution in [0.15, 0.2) is 0 Å². The lowest BCUT2D eigenvalue weighted by molar-refractivity contribution is -0.928. The van der Waals surface area contributed by atoms with Crippen LogP contribution in [0.2, 0.25) is 19.1 Å². The topological polar surface area (TPSA) is 136 Å². The molecule has 0 unspecified atom stereocenters. The normalized spacial score (nSPS) is 13.2. The van der Waals surface area contributed by atoms with Gasteiger partial charge in [0.2, 0.25) is 0 Å². The van der Waals surface area contributed by atoms with Crippen LogP contribution in [0.3, 0.4) is 0 Å². The fourth-order valence-corrected chi connectivity index (χ4v) is 5.60. The predicted molar refractivity (Wildman–Crippen MR) is 133 cm³/mol. The quantitative estimate of drug-likeness (QED) is 0.0865. The first-order valence-electron chi connectivity index (χ1n) is 11.9. The van der Waals surface area contributed by atoms with Gasteiger partial charge in [0, 0.05) is 28.2 Å². The molecule has 10 nitrogen and oxygen atoms in total. The molecule has 0 amide bonds. The van der Waals surface area contributed by atoms with E-state index in [1.165, 1.54) is 0 Å². The average Bonchev–Trinajstić information content (AvgIpc) is 2.67. The van der Waals surface area contributed by atoms with Crippen molar-refractivity contribution in [1.82, 2.24) is 0 Å². The molecule has 0 saturated carbocycles. The van der Waals surface area contributed by atoms with E-state index in [0.717, 1.165) is 25.4 Å². The van der Waals surface area contributed by atoms with E-state index in [9.17, 15) is 16.8 Å². The Kier molecular flexibility index (Phi) is 18.1. The Labute approximate surface area is 202 Å². The minimum atomic E-state index is -4.07. The van der Waals surface area contributed by atoms with E-state index in [2.05, 4.69) is 13.1 Å². The van der Waals surface area contributed by atoms with Gasteiger partial charge in [0.1, 0.15) is 6.54 Å². The molecule has 0 bridgehead atoms. The molecule has 0 atom stereocenters. The zero-order chi connectivity index (χ0) is 25.2. The van der Waals surface area contributed by atoms with Crippen molar-refractivity contribution in [2.75, 3.05) is 77.3 Å². The van der Waals surface area contributed by atoms with Crippen molar-refractivity contribution in [2.45, 2.75) is 51.7 Å². The zero-order valence-corrected chi connectivity index (χ0v) is 23.4. The summed E-state index contributed by atoms with van der Waals surface area (Å²) in [5.74, 6) is -0.669. The van der Waals surface area contributed by atoms with Gasteiger partial charge in [-0.15, -0.1) is 0 Å². The summed E-state index contributed by atoms with van der Waals surface area (Å²) in [5, 5.41) is 0. The Hall–Kier alpha value is -0.123. The van der Waals surface area contributed by atoms with E-state index >= 15 is 0 Å². The zero-order valence-electron chi connectivity index (χ0n) is 20.6. The van der Waals surface area contributed by atoms with Gasteiger partial charge in [0.15, 0.2) is 0 Å². The van der Waals surface area contributed by atoms with Crippen molar-refractivity contribution in [1.29, 1.82) is 0 Å². The molecule has 2 N–H and O–H groups in total. The first kappa shape index (κ1) is 32.9. The number of quaternary nitrogens is 1. The molecule has 0 heterocycles. The maximum absolute atomic E-state index is 11.2. The maximum Gasteiger partial charge on any atom is 0.265 e. The summed E-state index contributed by atoms with van der Waals surface area (Å²) in [6.07, 6.45) is 2.47. The minimum Gasteiger partial charge on any atom is -0.379 e. The molecule has 0 fully saturated rings. The molecule has 0 saturated heterocycles. The Morgan fingerprint density at radius 1 is 0.667 bits per heavy atom. The number of ether oxygens (including phenoxy) is 3. The van der Waals surface area contributed by atoms with Crippen molar-refractivity contribution in [3.8, 4) is 0 Å². The first-order valence-corrected chi connectivity index (χ1v) is 18.2. The second-order valence-corrected chi connectivity index (χ2v) is 15.4. The smallest absolute Gasteiger partial charge is 0.265 e. The van der Waals surface area contributed by atoms with Crippen molar-refractivity contribution in [3.05, 3.63) is 0 Å². The second kappa shape index (κ2) is 18.2. The monoisotopic (exact) mass is 536 g/mol. The van der Waals surface area contributed by atoms with Gasteiger partial charge in [0.25, 0.3) is 20.2 Å². The lowest BCUT2D eigenvalue weighted by Crippen LogP contribution is -2.53. The van der Waals surface area contributed by atoms with Gasteiger partial charge in [-0.2, -0.15) is 16.8 Å². The number of hydrogen-bond donors (Lipinski definition) is 2. The summed E-state index contributed by atoms with van der Waals surface area (Å²) in [6.45, 7) is 12.0. The van der Waals surface area contributed by atoms with Crippen molar-refractivity contribution in [3.63, 3.8) is 0 Å². The van der Waals surface area contributed by atoms with Gasteiger partial charge in [-0.05, 0) is 12.8 Å². The minimum absolute atomic E-state index is 0.269. The Bertz CT molecular complexity index is 650. The number of hydrogen-bond acceptors (Lipinski definition) is 7. The molecular formula is C20H46NO9S2Si+. The summed E-state index contributed by atoms with van der Waals surface area (Å²) >= 11 is 0. The van der Waals surface area contributed by atoms with E-state index < -0.39 is 29.0 Å². The fourth-order valence-electron chi connectivity index (χ4n) is 3.61. The number of nitrogens with zero attached hydrogens (tertiary/aromatic N) is 1. The van der Waals surface area contributed by atoms with Crippen LogP contribution in [0, 0.1) is 0 Å². The third kappa shape index (κ3) is 22.1. The largest absolute Gasteiger partial charge is 0.379 e. The molecule has 33 heavy (non-hydrogen) atoms. The van der Waals surface area contributed by atoms with Crippen LogP contribution in [0.5, 0.6) is 0 Å². The van der Waals surface area contributed by atoms with Gasteiger partial charge in [-0.3, -0.25) is 9.11 Å². The maximum atomic E-state index is 11.2. The predicted octanol–water partition coefficient (Wildman–Crippen LogP) is 1.70. The lowest BCUT2D eigenvalue weighted by atomic mass is 10.2. The van der Waals surface area contributed by atoms with Crippen LogP contribution in [-0.4, -0.2) is 117 Å². The van der Waals surface area contributed by atoms with Crippen LogP contribution in [0.1, 0.15) is 32.6 Å². The Balaban J connectivity index is 4.83. The van der Waals surface area contributed by atoms with Gasteiger partial charge in [0.05, 0.1) is 64.2 Å². The highest BCUT2D eigenvalue weighted by atomic mass is 32.2. The summed E-state index contributed by atoms with van der Waals surface area (Å²) in [6, 6.07) is 1.13. The molecule has 13 heteroatoms. The average molecular weight is 537 g/mol. The SMILES string of the molecule is CCCOCCOCCOCC[N+](CCC[SiH](C)C)(CCCS(=O)(=O)O)CCCS(=O)(=O)O. The standard InChI is InChI=1S/C20H45NO9S2Si/c1-4-12-28-14-16-30-17-15-29-13-11-21(10-7-20-33(2)3,8-5-18-31(22,23)24)9-6-19-32(25,26)27/h33H,4-20H2,1-3H3,(H-,22,23,24,25,26,27)/p+1. The molecular weight excluding hydrogens is 490 g/mol. The highest BCUT2D eigenvalue weighted by molar-refractivity contribution is 7.86. The highest BCUT2D eigenvalue weighted by Gasteiger charge is 2.28. The molecule has 0 aromatic carbocycles. The van der Waals surface area contributed by atoms with Crippen LogP contribution < -0.4 is 0 Å². The Morgan fingerprint density at radius 3 is 1.52 bits per heavy atom. The van der Waals surface area contributed by atoms with Crippen molar-refractivity contribution in [2.24, 2.45) is 0 Å². The highest BCUT2D eigenvalue weighted by Crippen LogP contribution is 2.15. The van der Waals surface area contributed by atoms with E-state index in [4.69, 9.17) is 23.3 Å². The van der Waals surface area contributed by atoms with Gasteiger partial charge >= 0.3 is 0 Å². The molecule has 0 aliphatic rings. The summed E-state index contributed by atoms with van der Waals surface area (Å²) in [5.41, 5.74) is 0. The van der Waals surface area contributed by atoms with Crippen LogP contribution in [0.25, 0.3) is 0 Å². The molecule has 0 aromatic rings. The third-order valence-electron chi connectivity index (χ3n) is 5.29. The first-order chi connectivity index (χ1) is 15.4. The van der Waals surface area contributed by atoms with Crippen molar-refractivity contribution < 1.29 is 44.6 Å². The van der Waals surface area contributed by atoms with Crippen molar-refractivity contribution >= 4 is 29.0 Å². The molecule has 0 radical (unpaired) electrons. The van der Waals surface area contributed by atoms with E-state index in [1.54, 1.807) is 0 Å². The Morgan fingerprint density at radius 2 is 1.09 bits per heavy atom. The van der Waals surface area contributed by atoms with Crippen LogP contribution >= 0.6 is 0 Å². The van der Waals surface area contributed by atoms with Gasteiger partial charge in [-0.1, -0.05) is 26.1 Å². The molecule has 0 aliphatic carbocycles. The summed E-state index contributed by atoms with van der Waals surface area (Å²) < 4.78 is 80.1. The summed E-state index contributed by atoms with van der Waals surface area (Å²) in [4.78, 5) is 0. The van der Waals surface area contributed by atoms with Gasteiger partial charge < -0.3 is 18.7 Å². The molecule has 0 rings (SSSR count). The van der Waals surface area contributed by atoms with Gasteiger partial charge in [-0.25, -0.2) is 0 Å². The number of rotatable bonds is 23. The molecule has 0 spiro atoms. The van der Waals surface area contributed by atoms with Crippen LogP contribution in [-0.2, 0) is 34.4 Å². The fraction of sp³-hybridized carbons (Fsp3) is 1.00. The van der Waals surface area contributed by atoms with E-state index in [1.807, 2.05) is 6.92 Å². The molecule has 0 aromatic heterocycles.